The van der Waals surface area contributed by atoms with Gasteiger partial charge in [0.1, 0.15) is 22.7 Å². The number of aliphatic carboxylic acids is 1. The molecule has 0 radical (unpaired) electrons. The van der Waals surface area contributed by atoms with Gasteiger partial charge in [0.2, 0.25) is 5.91 Å². The Labute approximate surface area is 240 Å². The minimum absolute atomic E-state index is 0.0717. The molecule has 2 heterocycles. The van der Waals surface area contributed by atoms with Crippen LogP contribution in [-0.4, -0.2) is 73.1 Å². The number of hydrogen-bond acceptors (Lipinski definition) is 8. The topological polar surface area (TPSA) is 141 Å². The molecule has 1 aromatic carbocycles. The highest BCUT2D eigenvalue weighted by Crippen LogP contribution is 2.57. The Bertz CT molecular complexity index is 1320. The number of ketones is 1. The molecule has 0 spiro atoms. The van der Waals surface area contributed by atoms with E-state index < -0.39 is 46.4 Å². The summed E-state index contributed by atoms with van der Waals surface area (Å²) >= 11 is 0. The van der Waals surface area contributed by atoms with E-state index in [4.69, 9.17) is 9.57 Å². The Kier molecular flexibility index (Phi) is 8.21. The molecule has 0 unspecified atom stereocenters. The van der Waals surface area contributed by atoms with Crippen molar-refractivity contribution in [2.45, 2.75) is 98.3 Å². The van der Waals surface area contributed by atoms with Gasteiger partial charge in [0.05, 0.1) is 30.3 Å². The number of hydrogen-bond donors (Lipinski definition) is 1. The third kappa shape index (κ3) is 6.54. The van der Waals surface area contributed by atoms with Crippen LogP contribution in [-0.2, 0) is 23.9 Å². The summed E-state index contributed by atoms with van der Waals surface area (Å²) in [6.45, 7) is 12.9. The second kappa shape index (κ2) is 11.1. The SMILES string of the molecule is CC[C@@H]1C[C@]1(CC(=O)[C@@H]1C[C@@H](On2nnc3ccccc32)CN1C(=O)[C@@H](CC(=O)OC(C)(C)C)C(C)(C)C)C(=O)O. The Balaban J connectivity index is 1.61. The van der Waals surface area contributed by atoms with Crippen molar-refractivity contribution in [1.82, 2.24) is 20.1 Å². The number of fused-ring (bicyclic) bond motifs is 1. The van der Waals surface area contributed by atoms with E-state index in [0.717, 1.165) is 0 Å². The Morgan fingerprint density at radius 1 is 1.12 bits per heavy atom. The standard InChI is InChI=1S/C30H42N4O7/c1-8-18-15-30(18,27(38)39)16-24(35)23-13-19(41-34-22-12-10-9-11-21(22)31-32-34)17-33(23)26(37)20(28(2,3)4)14-25(36)40-29(5,6)7/h9-12,18-20,23H,8,13-17H2,1-7H3,(H,38,39)/t18-,19-,20-,23+,30-/m1/s1. The lowest BCUT2D eigenvalue weighted by Crippen LogP contribution is -2.48. The third-order valence-corrected chi connectivity index (χ3v) is 8.26. The number of carboxylic acid groups (broad SMARTS) is 1. The molecule has 41 heavy (non-hydrogen) atoms. The van der Waals surface area contributed by atoms with Crippen LogP contribution >= 0.6 is 0 Å². The number of Topliss-reactive ketones (excluding diaryl/α,β-unsaturated/α-hetero) is 1. The minimum Gasteiger partial charge on any atom is -0.481 e. The van der Waals surface area contributed by atoms with Gasteiger partial charge in [-0.3, -0.25) is 19.2 Å². The fourth-order valence-corrected chi connectivity index (χ4v) is 5.90. The first-order valence-corrected chi connectivity index (χ1v) is 14.3. The predicted octanol–water partition coefficient (Wildman–Crippen LogP) is 3.68. The quantitative estimate of drug-likeness (QED) is 0.423. The molecule has 1 N–H and O–H groups in total. The lowest BCUT2D eigenvalue weighted by Gasteiger charge is -2.35. The van der Waals surface area contributed by atoms with Gasteiger partial charge in [-0.15, -0.1) is 5.10 Å². The molecule has 1 aromatic heterocycles. The van der Waals surface area contributed by atoms with E-state index in [2.05, 4.69) is 10.3 Å². The summed E-state index contributed by atoms with van der Waals surface area (Å²) in [6.07, 6.45) is 0.392. The number of amides is 1. The number of carboxylic acids is 1. The summed E-state index contributed by atoms with van der Waals surface area (Å²) in [7, 11) is 0. The maximum atomic E-state index is 14.2. The number of likely N-dealkylation sites (tertiary alicyclic amines) is 1. The largest absolute Gasteiger partial charge is 0.481 e. The highest BCUT2D eigenvalue weighted by molar-refractivity contribution is 5.95. The van der Waals surface area contributed by atoms with Gasteiger partial charge < -0.3 is 19.6 Å². The van der Waals surface area contributed by atoms with Crippen LogP contribution in [0.4, 0.5) is 0 Å². The van der Waals surface area contributed by atoms with Crippen LogP contribution in [0.25, 0.3) is 11.0 Å². The van der Waals surface area contributed by atoms with Crippen molar-refractivity contribution < 1.29 is 33.9 Å². The fourth-order valence-electron chi connectivity index (χ4n) is 5.90. The molecular formula is C30H42N4O7. The van der Waals surface area contributed by atoms with Crippen molar-refractivity contribution in [3.05, 3.63) is 24.3 Å². The van der Waals surface area contributed by atoms with E-state index in [0.29, 0.717) is 23.9 Å². The summed E-state index contributed by atoms with van der Waals surface area (Å²) in [5, 5.41) is 18.1. The maximum absolute atomic E-state index is 14.2. The van der Waals surface area contributed by atoms with Crippen LogP contribution < -0.4 is 4.84 Å². The average Bonchev–Trinajstić information content (AvgIpc) is 3.20. The average molecular weight is 571 g/mol. The summed E-state index contributed by atoms with van der Waals surface area (Å²) < 4.78 is 5.52. The second-order valence-corrected chi connectivity index (χ2v) is 13.5. The predicted molar refractivity (Wildman–Crippen MR) is 150 cm³/mol. The van der Waals surface area contributed by atoms with Gasteiger partial charge in [-0.25, -0.2) is 0 Å². The molecule has 1 saturated carbocycles. The molecule has 1 amide bonds. The Morgan fingerprint density at radius 3 is 2.39 bits per heavy atom. The van der Waals surface area contributed by atoms with Gasteiger partial charge in [0.25, 0.3) is 0 Å². The first-order chi connectivity index (χ1) is 19.1. The van der Waals surface area contributed by atoms with Gasteiger partial charge in [-0.2, -0.15) is 0 Å². The van der Waals surface area contributed by atoms with Crippen molar-refractivity contribution in [1.29, 1.82) is 0 Å². The van der Waals surface area contributed by atoms with Gasteiger partial charge in [0.15, 0.2) is 5.78 Å². The van der Waals surface area contributed by atoms with Crippen molar-refractivity contribution in [2.75, 3.05) is 6.54 Å². The molecule has 11 heteroatoms. The molecule has 2 aromatic rings. The molecule has 2 fully saturated rings. The number of carbonyl (C=O) groups is 4. The number of nitrogens with zero attached hydrogens (tertiary/aromatic N) is 4. The van der Waals surface area contributed by atoms with Crippen LogP contribution in [0.3, 0.4) is 0 Å². The molecule has 1 aliphatic heterocycles. The number of aromatic nitrogens is 3. The van der Waals surface area contributed by atoms with Crippen molar-refractivity contribution in [3.8, 4) is 0 Å². The number of ether oxygens (including phenoxy) is 1. The third-order valence-electron chi connectivity index (χ3n) is 8.26. The highest BCUT2D eigenvalue weighted by atomic mass is 16.7. The van der Waals surface area contributed by atoms with Crippen molar-refractivity contribution in [3.63, 3.8) is 0 Å². The molecule has 0 bridgehead atoms. The molecular weight excluding hydrogens is 528 g/mol. The molecule has 1 aliphatic carbocycles. The van der Waals surface area contributed by atoms with Gasteiger partial charge in [-0.05, 0) is 55.9 Å². The lowest BCUT2D eigenvalue weighted by atomic mass is 9.77. The van der Waals surface area contributed by atoms with Crippen molar-refractivity contribution in [2.24, 2.45) is 22.7 Å². The minimum atomic E-state index is -1.10. The van der Waals surface area contributed by atoms with Crippen LogP contribution in [0.2, 0.25) is 0 Å². The normalized spacial score (nSPS) is 25.1. The molecule has 2 aliphatic rings. The zero-order valence-electron chi connectivity index (χ0n) is 25.0. The maximum Gasteiger partial charge on any atom is 0.310 e. The zero-order chi connectivity index (χ0) is 30.3. The number of benzene rings is 1. The van der Waals surface area contributed by atoms with Crippen LogP contribution in [0.15, 0.2) is 24.3 Å². The smallest absolute Gasteiger partial charge is 0.310 e. The summed E-state index contributed by atoms with van der Waals surface area (Å²) in [5.74, 6) is -2.98. The van der Waals surface area contributed by atoms with E-state index in [1.807, 2.05) is 39.8 Å². The number of carbonyl (C=O) groups excluding carboxylic acids is 3. The van der Waals surface area contributed by atoms with E-state index in [-0.39, 0.29) is 43.4 Å². The van der Waals surface area contributed by atoms with Crippen LogP contribution in [0.1, 0.15) is 80.6 Å². The second-order valence-electron chi connectivity index (χ2n) is 13.5. The summed E-state index contributed by atoms with van der Waals surface area (Å²) in [6, 6.07) is 6.39. The zero-order valence-corrected chi connectivity index (χ0v) is 25.0. The van der Waals surface area contributed by atoms with Gasteiger partial charge in [0, 0.05) is 12.8 Å². The Morgan fingerprint density at radius 2 is 1.80 bits per heavy atom. The van der Waals surface area contributed by atoms with Gasteiger partial charge >= 0.3 is 11.9 Å². The molecule has 1 saturated heterocycles. The van der Waals surface area contributed by atoms with E-state index in [9.17, 15) is 24.3 Å². The Hall–Kier alpha value is -3.50. The monoisotopic (exact) mass is 570 g/mol. The van der Waals surface area contributed by atoms with E-state index in [1.165, 1.54) is 9.75 Å². The lowest BCUT2D eigenvalue weighted by molar-refractivity contribution is -0.161. The number of rotatable bonds is 10. The first kappa shape index (κ1) is 30.5. The molecule has 5 atom stereocenters. The molecule has 11 nitrogen and oxygen atoms in total. The van der Waals surface area contributed by atoms with Gasteiger partial charge in [-0.1, -0.05) is 51.1 Å². The van der Waals surface area contributed by atoms with Crippen LogP contribution in [0, 0.1) is 22.7 Å². The van der Waals surface area contributed by atoms with E-state index in [1.54, 1.807) is 32.9 Å². The van der Waals surface area contributed by atoms with E-state index >= 15 is 0 Å². The van der Waals surface area contributed by atoms with Crippen LogP contribution in [0.5, 0.6) is 0 Å². The summed E-state index contributed by atoms with van der Waals surface area (Å²) in [5.41, 5.74) is -1.14. The highest BCUT2D eigenvalue weighted by Gasteiger charge is 2.61. The molecule has 224 valence electrons. The number of para-hydroxylation sites is 1. The first-order valence-electron chi connectivity index (χ1n) is 14.3. The van der Waals surface area contributed by atoms with Crippen molar-refractivity contribution >= 4 is 34.7 Å². The summed E-state index contributed by atoms with van der Waals surface area (Å²) in [4.78, 5) is 61.8. The molecule has 4 rings (SSSR count). The number of esters is 1. The fraction of sp³-hybridized carbons (Fsp3) is 0.667.